The van der Waals surface area contributed by atoms with E-state index >= 15 is 0 Å². The maximum Gasteiger partial charge on any atom is 0.245 e. The summed E-state index contributed by atoms with van der Waals surface area (Å²) in [6, 6.07) is 5.20. The van der Waals surface area contributed by atoms with E-state index in [1.54, 1.807) is 18.2 Å². The number of sulfonamides is 1. The fraction of sp³-hybridized carbons (Fsp3) is 0.455. The number of benzene rings is 1. The van der Waals surface area contributed by atoms with Crippen molar-refractivity contribution < 1.29 is 8.42 Å². The third kappa shape index (κ3) is 2.58. The van der Waals surface area contributed by atoms with Crippen LogP contribution in [0, 0.1) is 0 Å². The zero-order chi connectivity index (χ0) is 13.3. The number of nitrogens with zero attached hydrogens (tertiary/aromatic N) is 1. The average Bonchev–Trinajstić information content (AvgIpc) is 2.77. The van der Waals surface area contributed by atoms with Crippen molar-refractivity contribution in [2.45, 2.75) is 17.4 Å². The number of hydrogen-bond donors (Lipinski definition) is 1. The standard InChI is InChI=1S/C11H14BrClN2O2S/c1-14-8-5-6-15(7-8)18(16,17)11-9(12)3-2-4-10(11)13/h2-4,8,14H,5-7H2,1H3. The van der Waals surface area contributed by atoms with E-state index in [4.69, 9.17) is 11.6 Å². The van der Waals surface area contributed by atoms with Gasteiger partial charge in [0, 0.05) is 23.6 Å². The molecule has 0 spiro atoms. The molecule has 1 heterocycles. The summed E-state index contributed by atoms with van der Waals surface area (Å²) in [7, 11) is -1.69. The van der Waals surface area contributed by atoms with Gasteiger partial charge < -0.3 is 5.32 Å². The zero-order valence-electron chi connectivity index (χ0n) is 9.86. The molecule has 100 valence electrons. The molecule has 1 aromatic rings. The lowest BCUT2D eigenvalue weighted by Gasteiger charge is -2.18. The van der Waals surface area contributed by atoms with Crippen molar-refractivity contribution in [3.8, 4) is 0 Å². The highest BCUT2D eigenvalue weighted by atomic mass is 79.9. The molecule has 0 amide bonds. The third-order valence-corrected chi connectivity index (χ3v) is 6.39. The number of nitrogens with one attached hydrogen (secondary N) is 1. The Labute approximate surface area is 120 Å². The van der Waals surface area contributed by atoms with E-state index in [1.165, 1.54) is 4.31 Å². The molecule has 1 aliphatic heterocycles. The largest absolute Gasteiger partial charge is 0.316 e. The summed E-state index contributed by atoms with van der Waals surface area (Å²) < 4.78 is 27.0. The molecule has 1 saturated heterocycles. The van der Waals surface area contributed by atoms with Crippen LogP contribution in [-0.4, -0.2) is 38.9 Å². The number of rotatable bonds is 3. The Kier molecular flexibility index (Phi) is 4.33. The molecule has 7 heteroatoms. The van der Waals surface area contributed by atoms with Crippen molar-refractivity contribution in [3.63, 3.8) is 0 Å². The van der Waals surface area contributed by atoms with Crippen molar-refractivity contribution in [1.82, 2.24) is 9.62 Å². The Morgan fingerprint density at radius 3 is 2.78 bits per heavy atom. The first-order valence-electron chi connectivity index (χ1n) is 5.58. The fourth-order valence-electron chi connectivity index (χ4n) is 2.04. The molecule has 0 aromatic heterocycles. The quantitative estimate of drug-likeness (QED) is 0.905. The predicted molar refractivity (Wildman–Crippen MR) is 75.4 cm³/mol. The van der Waals surface area contributed by atoms with Gasteiger partial charge in [-0.25, -0.2) is 8.42 Å². The third-order valence-electron chi connectivity index (χ3n) is 3.08. The van der Waals surface area contributed by atoms with Gasteiger partial charge in [-0.15, -0.1) is 0 Å². The lowest BCUT2D eigenvalue weighted by Crippen LogP contribution is -2.33. The van der Waals surface area contributed by atoms with Crippen LogP contribution >= 0.6 is 27.5 Å². The second-order valence-electron chi connectivity index (χ2n) is 4.19. The molecule has 0 saturated carbocycles. The van der Waals surface area contributed by atoms with E-state index in [1.807, 2.05) is 7.05 Å². The van der Waals surface area contributed by atoms with Crippen molar-refractivity contribution in [2.24, 2.45) is 0 Å². The molecule has 2 rings (SSSR count). The number of likely N-dealkylation sites (N-methyl/N-ethyl adjacent to an activating group) is 1. The van der Waals surface area contributed by atoms with Crippen LogP contribution in [0.15, 0.2) is 27.6 Å². The van der Waals surface area contributed by atoms with Gasteiger partial charge in [0.15, 0.2) is 0 Å². The maximum atomic E-state index is 12.5. The Morgan fingerprint density at radius 2 is 2.22 bits per heavy atom. The van der Waals surface area contributed by atoms with E-state index in [9.17, 15) is 8.42 Å². The first-order valence-corrected chi connectivity index (χ1v) is 8.19. The summed E-state index contributed by atoms with van der Waals surface area (Å²) in [6.07, 6.45) is 0.817. The molecular formula is C11H14BrClN2O2S. The molecule has 1 fully saturated rings. The van der Waals surface area contributed by atoms with E-state index in [0.29, 0.717) is 17.6 Å². The van der Waals surface area contributed by atoms with E-state index in [0.717, 1.165) is 6.42 Å². The summed E-state index contributed by atoms with van der Waals surface area (Å²) in [5, 5.41) is 3.34. The highest BCUT2D eigenvalue weighted by Gasteiger charge is 2.34. The van der Waals surface area contributed by atoms with Crippen LogP contribution < -0.4 is 5.32 Å². The van der Waals surface area contributed by atoms with Gasteiger partial charge in [0.05, 0.1) is 5.02 Å². The Bertz CT molecular complexity index is 530. The van der Waals surface area contributed by atoms with E-state index in [2.05, 4.69) is 21.2 Å². The molecule has 0 radical (unpaired) electrons. The molecule has 1 aliphatic rings. The average molecular weight is 354 g/mol. The minimum absolute atomic E-state index is 0.156. The minimum Gasteiger partial charge on any atom is -0.316 e. The molecule has 1 N–H and O–H groups in total. The molecule has 4 nitrogen and oxygen atoms in total. The number of halogens is 2. The predicted octanol–water partition coefficient (Wildman–Crippen LogP) is 2.08. The Hall–Kier alpha value is -0.140. The van der Waals surface area contributed by atoms with Crippen molar-refractivity contribution >= 4 is 37.6 Å². The SMILES string of the molecule is CNC1CCN(S(=O)(=O)c2c(Cl)cccc2Br)C1. The van der Waals surface area contributed by atoms with Gasteiger partial charge >= 0.3 is 0 Å². The van der Waals surface area contributed by atoms with Crippen LogP contribution in [0.5, 0.6) is 0 Å². The topological polar surface area (TPSA) is 49.4 Å². The van der Waals surface area contributed by atoms with Gasteiger partial charge in [-0.05, 0) is 41.5 Å². The van der Waals surface area contributed by atoms with Crippen LogP contribution in [0.1, 0.15) is 6.42 Å². The van der Waals surface area contributed by atoms with Gasteiger partial charge in [0.1, 0.15) is 4.90 Å². The first kappa shape index (κ1) is 14.3. The minimum atomic E-state index is -3.53. The summed E-state index contributed by atoms with van der Waals surface area (Å²) in [5.74, 6) is 0. The van der Waals surface area contributed by atoms with Crippen molar-refractivity contribution in [2.75, 3.05) is 20.1 Å². The van der Waals surface area contributed by atoms with Crippen LogP contribution in [0.25, 0.3) is 0 Å². The lowest BCUT2D eigenvalue weighted by molar-refractivity contribution is 0.464. The van der Waals surface area contributed by atoms with E-state index < -0.39 is 10.0 Å². The molecule has 0 aliphatic carbocycles. The number of hydrogen-bond acceptors (Lipinski definition) is 3. The van der Waals surface area contributed by atoms with Gasteiger partial charge in [0.2, 0.25) is 10.0 Å². The molecular weight excluding hydrogens is 340 g/mol. The Balaban J connectivity index is 2.38. The first-order chi connectivity index (χ1) is 8.46. The van der Waals surface area contributed by atoms with Crippen molar-refractivity contribution in [3.05, 3.63) is 27.7 Å². The van der Waals surface area contributed by atoms with Crippen LogP contribution in [-0.2, 0) is 10.0 Å². The second kappa shape index (κ2) is 5.46. The summed E-state index contributed by atoms with van der Waals surface area (Å²) in [5.41, 5.74) is 0. The summed E-state index contributed by atoms with van der Waals surface area (Å²) >= 11 is 9.27. The van der Waals surface area contributed by atoms with Crippen LogP contribution in [0.4, 0.5) is 0 Å². The maximum absolute atomic E-state index is 12.5. The van der Waals surface area contributed by atoms with Gasteiger partial charge in [-0.1, -0.05) is 17.7 Å². The molecule has 1 atom stereocenters. The van der Waals surface area contributed by atoms with Gasteiger partial charge in [-0.2, -0.15) is 4.31 Å². The van der Waals surface area contributed by atoms with Crippen LogP contribution in [0.3, 0.4) is 0 Å². The summed E-state index contributed by atoms with van der Waals surface area (Å²) in [4.78, 5) is 0.156. The highest BCUT2D eigenvalue weighted by Crippen LogP contribution is 2.33. The van der Waals surface area contributed by atoms with Crippen molar-refractivity contribution in [1.29, 1.82) is 0 Å². The molecule has 1 aromatic carbocycles. The van der Waals surface area contributed by atoms with Gasteiger partial charge in [-0.3, -0.25) is 0 Å². The normalized spacial score (nSPS) is 21.4. The smallest absolute Gasteiger partial charge is 0.245 e. The summed E-state index contributed by atoms with van der Waals surface area (Å²) in [6.45, 7) is 1.00. The molecule has 0 bridgehead atoms. The molecule has 18 heavy (non-hydrogen) atoms. The fourth-order valence-corrected chi connectivity index (χ4v) is 5.21. The highest BCUT2D eigenvalue weighted by molar-refractivity contribution is 9.10. The lowest BCUT2D eigenvalue weighted by atomic mass is 10.3. The molecule has 1 unspecified atom stereocenters. The zero-order valence-corrected chi connectivity index (χ0v) is 13.0. The van der Waals surface area contributed by atoms with E-state index in [-0.39, 0.29) is 16.0 Å². The van der Waals surface area contributed by atoms with Gasteiger partial charge in [0.25, 0.3) is 0 Å². The Morgan fingerprint density at radius 1 is 1.50 bits per heavy atom. The monoisotopic (exact) mass is 352 g/mol. The second-order valence-corrected chi connectivity index (χ2v) is 7.32. The van der Waals surface area contributed by atoms with Crippen LogP contribution in [0.2, 0.25) is 5.02 Å².